The molecule has 0 bridgehead atoms. The second-order valence-corrected chi connectivity index (χ2v) is 7.90. The first-order chi connectivity index (χ1) is 12.5. The van der Waals surface area contributed by atoms with Crippen LogP contribution in [-0.4, -0.2) is 65.3 Å². The standard InChI is InChI=1S/C21H31N3O2/c1-4-9-22-10-12-23(13-11-22)21(26)19(14-16(2)3)24-15-17-7-5-6-8-18(17)20(24)25/h5-8,16,19H,4,9-15H2,1-3H3. The number of hydrogen-bond donors (Lipinski definition) is 0. The molecule has 2 heterocycles. The first kappa shape index (κ1) is 18.9. The predicted molar refractivity (Wildman–Crippen MR) is 103 cm³/mol. The highest BCUT2D eigenvalue weighted by molar-refractivity contribution is 6.01. The Balaban J connectivity index is 1.73. The second kappa shape index (κ2) is 8.21. The Morgan fingerprint density at radius 1 is 1.12 bits per heavy atom. The molecule has 2 aliphatic rings. The summed E-state index contributed by atoms with van der Waals surface area (Å²) in [5.41, 5.74) is 1.79. The number of piperazine rings is 1. The van der Waals surface area contributed by atoms with Crippen LogP contribution >= 0.6 is 0 Å². The van der Waals surface area contributed by atoms with Crippen molar-refractivity contribution in [1.82, 2.24) is 14.7 Å². The van der Waals surface area contributed by atoms with Crippen molar-refractivity contribution >= 4 is 11.8 Å². The summed E-state index contributed by atoms with van der Waals surface area (Å²) in [4.78, 5) is 32.4. The highest BCUT2D eigenvalue weighted by Gasteiger charge is 2.38. The smallest absolute Gasteiger partial charge is 0.255 e. The Bertz CT molecular complexity index is 650. The molecule has 142 valence electrons. The summed E-state index contributed by atoms with van der Waals surface area (Å²) in [6.45, 7) is 11.5. The highest BCUT2D eigenvalue weighted by Crippen LogP contribution is 2.28. The lowest BCUT2D eigenvalue weighted by atomic mass is 10.0. The van der Waals surface area contributed by atoms with Gasteiger partial charge in [-0.1, -0.05) is 39.0 Å². The van der Waals surface area contributed by atoms with Gasteiger partial charge in [-0.15, -0.1) is 0 Å². The quantitative estimate of drug-likeness (QED) is 0.786. The number of carbonyl (C=O) groups excluding carboxylic acids is 2. The van der Waals surface area contributed by atoms with Crippen molar-refractivity contribution in [2.24, 2.45) is 5.92 Å². The molecule has 2 aliphatic heterocycles. The van der Waals surface area contributed by atoms with Gasteiger partial charge >= 0.3 is 0 Å². The van der Waals surface area contributed by atoms with E-state index in [0.717, 1.165) is 50.3 Å². The van der Waals surface area contributed by atoms with Gasteiger partial charge in [0, 0.05) is 38.3 Å². The maximum atomic E-state index is 13.3. The van der Waals surface area contributed by atoms with Gasteiger partial charge in [0.2, 0.25) is 5.91 Å². The molecular formula is C21H31N3O2. The fourth-order valence-electron chi connectivity index (χ4n) is 4.06. The van der Waals surface area contributed by atoms with Crippen molar-refractivity contribution in [3.63, 3.8) is 0 Å². The second-order valence-electron chi connectivity index (χ2n) is 7.90. The molecule has 1 aromatic carbocycles. The van der Waals surface area contributed by atoms with Gasteiger partial charge in [-0.2, -0.15) is 0 Å². The van der Waals surface area contributed by atoms with Crippen molar-refractivity contribution in [3.05, 3.63) is 35.4 Å². The topological polar surface area (TPSA) is 43.9 Å². The third-order valence-electron chi connectivity index (χ3n) is 5.43. The number of rotatable bonds is 6. The van der Waals surface area contributed by atoms with Crippen LogP contribution in [0.4, 0.5) is 0 Å². The molecule has 3 rings (SSSR count). The molecule has 1 fully saturated rings. The van der Waals surface area contributed by atoms with Crippen molar-refractivity contribution in [1.29, 1.82) is 0 Å². The molecule has 0 aliphatic carbocycles. The normalized spacial score (nSPS) is 19.2. The third kappa shape index (κ3) is 3.93. The Hall–Kier alpha value is -1.88. The molecule has 1 saturated heterocycles. The Kier molecular flexibility index (Phi) is 5.97. The average Bonchev–Trinajstić information content (AvgIpc) is 2.97. The van der Waals surface area contributed by atoms with Crippen LogP contribution in [0.15, 0.2) is 24.3 Å². The monoisotopic (exact) mass is 357 g/mol. The van der Waals surface area contributed by atoms with Crippen molar-refractivity contribution in [2.45, 2.75) is 46.2 Å². The van der Waals surface area contributed by atoms with E-state index >= 15 is 0 Å². The summed E-state index contributed by atoms with van der Waals surface area (Å²) < 4.78 is 0. The molecule has 0 N–H and O–H groups in total. The molecule has 1 atom stereocenters. The Morgan fingerprint density at radius 3 is 2.42 bits per heavy atom. The molecule has 26 heavy (non-hydrogen) atoms. The van der Waals surface area contributed by atoms with Gasteiger partial charge in [0.1, 0.15) is 6.04 Å². The van der Waals surface area contributed by atoms with Crippen LogP contribution in [0.2, 0.25) is 0 Å². The van der Waals surface area contributed by atoms with E-state index in [9.17, 15) is 9.59 Å². The highest BCUT2D eigenvalue weighted by atomic mass is 16.2. The minimum atomic E-state index is -0.354. The number of fused-ring (bicyclic) bond motifs is 1. The lowest BCUT2D eigenvalue weighted by Crippen LogP contribution is -2.55. The molecule has 1 aromatic rings. The minimum absolute atomic E-state index is 0.00391. The van der Waals surface area contributed by atoms with Crippen LogP contribution in [0, 0.1) is 5.92 Å². The van der Waals surface area contributed by atoms with Gasteiger partial charge < -0.3 is 9.80 Å². The maximum absolute atomic E-state index is 13.3. The van der Waals surface area contributed by atoms with Gasteiger partial charge in [-0.25, -0.2) is 0 Å². The molecule has 0 aromatic heterocycles. The summed E-state index contributed by atoms with van der Waals surface area (Å²) >= 11 is 0. The zero-order valence-corrected chi connectivity index (χ0v) is 16.3. The summed E-state index contributed by atoms with van der Waals surface area (Å²) in [5.74, 6) is 0.488. The van der Waals surface area contributed by atoms with E-state index in [4.69, 9.17) is 0 Å². The van der Waals surface area contributed by atoms with E-state index in [1.54, 1.807) is 4.90 Å². The van der Waals surface area contributed by atoms with Crippen LogP contribution < -0.4 is 0 Å². The SMILES string of the molecule is CCCN1CCN(C(=O)C(CC(C)C)N2Cc3ccccc3C2=O)CC1. The summed E-state index contributed by atoms with van der Waals surface area (Å²) in [6, 6.07) is 7.37. The van der Waals surface area contributed by atoms with Gasteiger partial charge in [-0.3, -0.25) is 14.5 Å². The van der Waals surface area contributed by atoms with E-state index in [-0.39, 0.29) is 17.9 Å². The van der Waals surface area contributed by atoms with E-state index < -0.39 is 0 Å². The Morgan fingerprint density at radius 2 is 1.81 bits per heavy atom. The molecular weight excluding hydrogens is 326 g/mol. The first-order valence-electron chi connectivity index (χ1n) is 9.91. The number of nitrogens with zero attached hydrogens (tertiary/aromatic N) is 3. The van der Waals surface area contributed by atoms with Gasteiger partial charge in [0.25, 0.3) is 5.91 Å². The largest absolute Gasteiger partial charge is 0.338 e. The zero-order valence-electron chi connectivity index (χ0n) is 16.3. The minimum Gasteiger partial charge on any atom is -0.338 e. The van der Waals surface area contributed by atoms with Crippen LogP contribution in [0.3, 0.4) is 0 Å². The number of benzene rings is 1. The molecule has 2 amide bonds. The molecule has 0 saturated carbocycles. The van der Waals surface area contributed by atoms with Gasteiger partial charge in [0.05, 0.1) is 0 Å². The van der Waals surface area contributed by atoms with Crippen LogP contribution in [-0.2, 0) is 11.3 Å². The molecule has 5 heteroatoms. The van der Waals surface area contributed by atoms with Crippen molar-refractivity contribution in [3.8, 4) is 0 Å². The van der Waals surface area contributed by atoms with Crippen LogP contribution in [0.25, 0.3) is 0 Å². The first-order valence-corrected chi connectivity index (χ1v) is 9.91. The summed E-state index contributed by atoms with van der Waals surface area (Å²) in [7, 11) is 0. The van der Waals surface area contributed by atoms with E-state index in [1.165, 1.54) is 0 Å². The molecule has 5 nitrogen and oxygen atoms in total. The van der Waals surface area contributed by atoms with E-state index in [1.807, 2.05) is 29.2 Å². The number of carbonyl (C=O) groups is 2. The average molecular weight is 357 g/mol. The fraction of sp³-hybridized carbons (Fsp3) is 0.619. The summed E-state index contributed by atoms with van der Waals surface area (Å²) in [5, 5.41) is 0. The van der Waals surface area contributed by atoms with Crippen LogP contribution in [0.5, 0.6) is 0 Å². The molecule has 0 spiro atoms. The Labute approximate surface area is 156 Å². The van der Waals surface area contributed by atoms with Crippen molar-refractivity contribution in [2.75, 3.05) is 32.7 Å². The predicted octanol–water partition coefficient (Wildman–Crippen LogP) is 2.61. The number of hydrogen-bond acceptors (Lipinski definition) is 3. The fourth-order valence-corrected chi connectivity index (χ4v) is 4.06. The van der Waals surface area contributed by atoms with Crippen molar-refractivity contribution < 1.29 is 9.59 Å². The third-order valence-corrected chi connectivity index (χ3v) is 5.43. The molecule has 0 radical (unpaired) electrons. The van der Waals surface area contributed by atoms with Crippen LogP contribution in [0.1, 0.15) is 49.5 Å². The maximum Gasteiger partial charge on any atom is 0.255 e. The van der Waals surface area contributed by atoms with Gasteiger partial charge in [0.15, 0.2) is 0 Å². The lowest BCUT2D eigenvalue weighted by Gasteiger charge is -2.38. The van der Waals surface area contributed by atoms with Gasteiger partial charge in [-0.05, 0) is 36.9 Å². The number of amides is 2. The van der Waals surface area contributed by atoms with E-state index in [0.29, 0.717) is 18.9 Å². The zero-order chi connectivity index (χ0) is 18.7. The summed E-state index contributed by atoms with van der Waals surface area (Å²) in [6.07, 6.45) is 1.86. The molecule has 1 unspecified atom stereocenters. The lowest BCUT2D eigenvalue weighted by molar-refractivity contribution is -0.138. The van der Waals surface area contributed by atoms with E-state index in [2.05, 4.69) is 25.7 Å².